The average Bonchev–Trinajstić information content (AvgIpc) is 2.98. The topological polar surface area (TPSA) is 64.2 Å². The van der Waals surface area contributed by atoms with E-state index < -0.39 is 0 Å². The fraction of sp³-hybridized carbons (Fsp3) is 0.300. The third-order valence-corrected chi connectivity index (χ3v) is 2.66. The molecule has 0 atom stereocenters. The maximum atomic E-state index is 12.0. The van der Waals surface area contributed by atoms with Gasteiger partial charge in [0, 0.05) is 13.1 Å². The predicted molar refractivity (Wildman–Crippen MR) is 53.5 cm³/mol. The molecule has 0 aliphatic carbocycles. The summed E-state index contributed by atoms with van der Waals surface area (Å²) in [4.78, 5) is 13.7. The molecule has 16 heavy (non-hydrogen) atoms. The van der Waals surface area contributed by atoms with E-state index in [2.05, 4.69) is 10.2 Å². The maximum Gasteiger partial charge on any atom is 0.290 e. The second-order valence-electron chi connectivity index (χ2n) is 3.64. The van der Waals surface area contributed by atoms with Gasteiger partial charge in [0.1, 0.15) is 6.33 Å². The minimum Gasteiger partial charge on any atom is -0.459 e. The molecule has 0 bridgehead atoms. The van der Waals surface area contributed by atoms with Gasteiger partial charge >= 0.3 is 0 Å². The molecule has 1 aliphatic heterocycles. The number of carbonyl (C=O) groups is 1. The fourth-order valence-corrected chi connectivity index (χ4v) is 1.80. The lowest BCUT2D eigenvalue weighted by Gasteiger charge is -2.26. The molecular formula is C10H10N4O2. The van der Waals surface area contributed by atoms with Gasteiger partial charge in [-0.3, -0.25) is 4.79 Å². The Bertz CT molecular complexity index is 503. The summed E-state index contributed by atoms with van der Waals surface area (Å²) in [7, 11) is 0. The van der Waals surface area contributed by atoms with Crippen LogP contribution in [0.1, 0.15) is 16.4 Å². The monoisotopic (exact) mass is 218 g/mol. The van der Waals surface area contributed by atoms with Crippen LogP contribution in [-0.4, -0.2) is 32.1 Å². The molecule has 0 fully saturated rings. The number of hydrogen-bond donors (Lipinski definition) is 0. The lowest BCUT2D eigenvalue weighted by Crippen LogP contribution is -2.38. The minimum atomic E-state index is -0.0979. The molecule has 3 rings (SSSR count). The number of rotatable bonds is 1. The Labute approximate surface area is 91.5 Å². The largest absolute Gasteiger partial charge is 0.459 e. The molecule has 82 valence electrons. The lowest BCUT2D eigenvalue weighted by molar-refractivity contribution is 0.0675. The summed E-state index contributed by atoms with van der Waals surface area (Å²) in [5.74, 6) is 1.08. The second kappa shape index (κ2) is 3.48. The molecule has 0 unspecified atom stereocenters. The standard InChI is InChI=1S/C10H10N4O2/c15-10(8-2-1-5-16-8)13-3-4-14-7-11-12-9(14)6-13/h1-2,5,7H,3-4,6H2. The molecule has 0 aromatic carbocycles. The number of aromatic nitrogens is 3. The molecule has 3 heterocycles. The maximum absolute atomic E-state index is 12.0. The highest BCUT2D eigenvalue weighted by atomic mass is 16.3. The van der Waals surface area contributed by atoms with E-state index in [1.165, 1.54) is 6.26 Å². The van der Waals surface area contributed by atoms with Crippen molar-refractivity contribution in [3.8, 4) is 0 Å². The van der Waals surface area contributed by atoms with Crippen LogP contribution < -0.4 is 0 Å². The van der Waals surface area contributed by atoms with Gasteiger partial charge in [-0.2, -0.15) is 0 Å². The summed E-state index contributed by atoms with van der Waals surface area (Å²) in [6, 6.07) is 3.38. The molecule has 1 aliphatic rings. The quantitative estimate of drug-likeness (QED) is 0.700. The van der Waals surface area contributed by atoms with Crippen LogP contribution in [0.5, 0.6) is 0 Å². The van der Waals surface area contributed by atoms with Crippen LogP contribution >= 0.6 is 0 Å². The third kappa shape index (κ3) is 1.39. The highest BCUT2D eigenvalue weighted by molar-refractivity contribution is 5.91. The number of nitrogens with zero attached hydrogens (tertiary/aromatic N) is 4. The van der Waals surface area contributed by atoms with Crippen molar-refractivity contribution in [3.63, 3.8) is 0 Å². The number of hydrogen-bond acceptors (Lipinski definition) is 4. The van der Waals surface area contributed by atoms with Gasteiger partial charge in [-0.25, -0.2) is 0 Å². The molecule has 2 aromatic heterocycles. The van der Waals surface area contributed by atoms with Crippen molar-refractivity contribution in [1.82, 2.24) is 19.7 Å². The zero-order valence-electron chi connectivity index (χ0n) is 8.54. The number of carbonyl (C=O) groups excluding carboxylic acids is 1. The summed E-state index contributed by atoms with van der Waals surface area (Å²) < 4.78 is 7.03. The van der Waals surface area contributed by atoms with Crippen LogP contribution in [0.3, 0.4) is 0 Å². The van der Waals surface area contributed by atoms with E-state index in [9.17, 15) is 4.79 Å². The number of fused-ring (bicyclic) bond motifs is 1. The Hall–Kier alpha value is -2.11. The molecular weight excluding hydrogens is 208 g/mol. The highest BCUT2D eigenvalue weighted by Crippen LogP contribution is 2.13. The van der Waals surface area contributed by atoms with Crippen LogP contribution in [-0.2, 0) is 13.1 Å². The molecule has 0 radical (unpaired) electrons. The second-order valence-corrected chi connectivity index (χ2v) is 3.64. The first-order chi connectivity index (χ1) is 7.84. The van der Waals surface area contributed by atoms with E-state index in [0.29, 0.717) is 18.8 Å². The summed E-state index contributed by atoms with van der Waals surface area (Å²) in [6.45, 7) is 1.87. The van der Waals surface area contributed by atoms with Crippen LogP contribution in [0.2, 0.25) is 0 Å². The Morgan fingerprint density at radius 2 is 2.38 bits per heavy atom. The molecule has 6 heteroatoms. The molecule has 0 N–H and O–H groups in total. The first-order valence-electron chi connectivity index (χ1n) is 5.04. The van der Waals surface area contributed by atoms with Crippen LogP contribution in [0, 0.1) is 0 Å². The zero-order valence-corrected chi connectivity index (χ0v) is 8.54. The summed E-state index contributed by atoms with van der Waals surface area (Å²) in [5.41, 5.74) is 0. The zero-order chi connectivity index (χ0) is 11.0. The number of furan rings is 1. The molecule has 0 saturated heterocycles. The van der Waals surface area contributed by atoms with Gasteiger partial charge in [0.2, 0.25) is 0 Å². The van der Waals surface area contributed by atoms with E-state index in [4.69, 9.17) is 4.42 Å². The van der Waals surface area contributed by atoms with Gasteiger partial charge in [0.05, 0.1) is 12.8 Å². The van der Waals surface area contributed by atoms with Crippen molar-refractivity contribution >= 4 is 5.91 Å². The Morgan fingerprint density at radius 1 is 1.44 bits per heavy atom. The minimum absolute atomic E-state index is 0.0979. The smallest absolute Gasteiger partial charge is 0.290 e. The molecule has 6 nitrogen and oxygen atoms in total. The summed E-state index contributed by atoms with van der Waals surface area (Å²) in [5, 5.41) is 7.77. The predicted octanol–water partition coefficient (Wildman–Crippen LogP) is 0.527. The molecule has 1 amide bonds. The van der Waals surface area contributed by atoms with E-state index >= 15 is 0 Å². The van der Waals surface area contributed by atoms with E-state index in [1.54, 1.807) is 23.4 Å². The van der Waals surface area contributed by atoms with Gasteiger partial charge < -0.3 is 13.9 Å². The van der Waals surface area contributed by atoms with Crippen molar-refractivity contribution in [1.29, 1.82) is 0 Å². The number of amides is 1. The first kappa shape index (κ1) is 9.14. The van der Waals surface area contributed by atoms with Gasteiger partial charge in [0.15, 0.2) is 11.6 Å². The molecule has 2 aromatic rings. The van der Waals surface area contributed by atoms with Crippen molar-refractivity contribution in [2.45, 2.75) is 13.1 Å². The van der Waals surface area contributed by atoms with Crippen LogP contribution in [0.15, 0.2) is 29.1 Å². The van der Waals surface area contributed by atoms with Crippen molar-refractivity contribution in [2.75, 3.05) is 6.54 Å². The Morgan fingerprint density at radius 3 is 3.19 bits per heavy atom. The van der Waals surface area contributed by atoms with Crippen molar-refractivity contribution < 1.29 is 9.21 Å². The van der Waals surface area contributed by atoms with E-state index in [1.807, 2.05) is 4.57 Å². The van der Waals surface area contributed by atoms with Crippen LogP contribution in [0.4, 0.5) is 0 Å². The van der Waals surface area contributed by atoms with Crippen molar-refractivity contribution in [3.05, 3.63) is 36.3 Å². The Balaban J connectivity index is 1.81. The van der Waals surface area contributed by atoms with E-state index in [0.717, 1.165) is 12.4 Å². The normalized spacial score (nSPS) is 14.9. The van der Waals surface area contributed by atoms with Crippen molar-refractivity contribution in [2.24, 2.45) is 0 Å². The third-order valence-electron chi connectivity index (χ3n) is 2.66. The van der Waals surface area contributed by atoms with Gasteiger partial charge in [-0.15, -0.1) is 10.2 Å². The summed E-state index contributed by atoms with van der Waals surface area (Å²) in [6.07, 6.45) is 3.18. The SMILES string of the molecule is O=C(c1ccco1)N1CCn2cnnc2C1. The Kier molecular flexibility index (Phi) is 1.99. The average molecular weight is 218 g/mol. The molecule has 0 spiro atoms. The van der Waals surface area contributed by atoms with Gasteiger partial charge in [-0.05, 0) is 12.1 Å². The van der Waals surface area contributed by atoms with Gasteiger partial charge in [0.25, 0.3) is 5.91 Å². The van der Waals surface area contributed by atoms with Crippen LogP contribution in [0.25, 0.3) is 0 Å². The van der Waals surface area contributed by atoms with E-state index in [-0.39, 0.29) is 5.91 Å². The summed E-state index contributed by atoms with van der Waals surface area (Å²) >= 11 is 0. The molecule has 0 saturated carbocycles. The lowest BCUT2D eigenvalue weighted by atomic mass is 10.3. The highest BCUT2D eigenvalue weighted by Gasteiger charge is 2.24. The first-order valence-corrected chi connectivity index (χ1v) is 5.04. The fourth-order valence-electron chi connectivity index (χ4n) is 1.80. The van der Waals surface area contributed by atoms with Gasteiger partial charge in [-0.1, -0.05) is 0 Å².